The number of aromatic hydroxyl groups is 1. The van der Waals surface area contributed by atoms with E-state index < -0.39 is 10.0 Å². The number of hydrogen-bond acceptors (Lipinski definition) is 8. The standard InChI is InChI=1S/C20H19BrN4O4S2/c1-13(29-3)4-9-19(22-2)25-31(27,28)17-7-5-16(6-8-17)23-12-14-10-15(21)11-18(24-30)20(14)26/h4-12,26H,1H2,2-3H3,(H,22,25)/b9-4-,23-12?. The maximum absolute atomic E-state index is 12.6. The van der Waals surface area contributed by atoms with Gasteiger partial charge in [0.1, 0.15) is 17.3 Å². The number of methoxy groups -OCH3 is 1. The Morgan fingerprint density at radius 2 is 1.94 bits per heavy atom. The summed E-state index contributed by atoms with van der Waals surface area (Å²) in [5.74, 6) is 0.377. The molecule has 0 amide bonds. The van der Waals surface area contributed by atoms with Gasteiger partial charge in [-0.2, -0.15) is 4.36 Å². The Kier molecular flexibility index (Phi) is 8.60. The molecule has 2 rings (SSSR count). The third-order valence-electron chi connectivity index (χ3n) is 3.85. The van der Waals surface area contributed by atoms with Gasteiger partial charge in [0.15, 0.2) is 5.75 Å². The van der Waals surface area contributed by atoms with E-state index in [-0.39, 0.29) is 22.2 Å². The topological polar surface area (TPSA) is 113 Å². The number of amidine groups is 1. The highest BCUT2D eigenvalue weighted by atomic mass is 79.9. The monoisotopic (exact) mass is 522 g/mol. The van der Waals surface area contributed by atoms with Crippen LogP contribution in [0.25, 0.3) is 0 Å². The molecule has 8 nitrogen and oxygen atoms in total. The first kappa shape index (κ1) is 24.4. The number of halogens is 1. The lowest BCUT2D eigenvalue weighted by molar-refractivity contribution is 0.309. The van der Waals surface area contributed by atoms with Gasteiger partial charge in [0.25, 0.3) is 10.0 Å². The van der Waals surface area contributed by atoms with Crippen molar-refractivity contribution >= 4 is 61.8 Å². The van der Waals surface area contributed by atoms with Crippen LogP contribution < -0.4 is 4.72 Å². The second kappa shape index (κ2) is 10.9. The van der Waals surface area contributed by atoms with Crippen molar-refractivity contribution in [3.63, 3.8) is 0 Å². The lowest BCUT2D eigenvalue weighted by Crippen LogP contribution is -2.29. The van der Waals surface area contributed by atoms with Crippen LogP contribution in [-0.2, 0) is 27.2 Å². The first-order valence-electron chi connectivity index (χ1n) is 8.60. The second-order valence-corrected chi connectivity index (χ2v) is 8.70. The third kappa shape index (κ3) is 6.81. The van der Waals surface area contributed by atoms with Crippen LogP contribution in [0.2, 0.25) is 0 Å². The van der Waals surface area contributed by atoms with Crippen LogP contribution >= 0.6 is 15.9 Å². The Bertz CT molecular complexity index is 1170. The van der Waals surface area contributed by atoms with Gasteiger partial charge in [-0.25, -0.2) is 8.42 Å². The molecule has 0 aromatic heterocycles. The molecule has 0 bridgehead atoms. The number of allylic oxidation sites excluding steroid dienone is 1. The zero-order valence-electron chi connectivity index (χ0n) is 16.6. The number of phenols is 1. The molecule has 162 valence electrons. The fourth-order valence-electron chi connectivity index (χ4n) is 2.22. The molecule has 0 saturated carbocycles. The van der Waals surface area contributed by atoms with E-state index in [2.05, 4.69) is 54.0 Å². The van der Waals surface area contributed by atoms with E-state index in [4.69, 9.17) is 4.74 Å². The van der Waals surface area contributed by atoms with Crippen molar-refractivity contribution in [3.05, 3.63) is 70.9 Å². The highest BCUT2D eigenvalue weighted by molar-refractivity contribution is 9.10. The number of phenolic OH excluding ortho intramolecular Hbond substituents is 1. The Balaban J connectivity index is 2.20. The predicted octanol–water partition coefficient (Wildman–Crippen LogP) is 4.29. The molecule has 0 atom stereocenters. The molecule has 2 aromatic carbocycles. The molecule has 11 heteroatoms. The molecule has 0 radical (unpaired) electrons. The minimum absolute atomic E-state index is 0.0315. The fourth-order valence-corrected chi connectivity index (χ4v) is 3.87. The van der Waals surface area contributed by atoms with Crippen LogP contribution in [0, 0.1) is 0 Å². The zero-order chi connectivity index (χ0) is 23.0. The summed E-state index contributed by atoms with van der Waals surface area (Å²) in [5.41, 5.74) is 1.13. The summed E-state index contributed by atoms with van der Waals surface area (Å²) in [5, 5.41) is 10.2. The van der Waals surface area contributed by atoms with Crippen LogP contribution in [0.4, 0.5) is 11.4 Å². The number of aliphatic imine (C=N–C) groups is 2. The molecule has 0 heterocycles. The van der Waals surface area contributed by atoms with Crippen molar-refractivity contribution in [2.45, 2.75) is 4.90 Å². The van der Waals surface area contributed by atoms with Gasteiger partial charge >= 0.3 is 0 Å². The second-order valence-electron chi connectivity index (χ2n) is 5.92. The van der Waals surface area contributed by atoms with Gasteiger partial charge in [-0.3, -0.25) is 14.7 Å². The Labute approximate surface area is 194 Å². The highest BCUT2D eigenvalue weighted by Gasteiger charge is 2.15. The van der Waals surface area contributed by atoms with Crippen LogP contribution in [-0.4, -0.2) is 39.7 Å². The number of ether oxygens (including phenoxy) is 1. The Morgan fingerprint density at radius 1 is 1.26 bits per heavy atom. The average Bonchev–Trinajstić information content (AvgIpc) is 2.76. The van der Waals surface area contributed by atoms with Crippen molar-refractivity contribution in [1.29, 1.82) is 0 Å². The van der Waals surface area contributed by atoms with Crippen molar-refractivity contribution < 1.29 is 18.3 Å². The van der Waals surface area contributed by atoms with Crippen molar-refractivity contribution in [2.24, 2.45) is 14.3 Å². The van der Waals surface area contributed by atoms with Crippen molar-refractivity contribution in [3.8, 4) is 5.75 Å². The maximum Gasteiger partial charge on any atom is 0.263 e. The number of benzene rings is 2. The molecule has 0 unspecified atom stereocenters. The van der Waals surface area contributed by atoms with Gasteiger partial charge in [0, 0.05) is 35.7 Å². The predicted molar refractivity (Wildman–Crippen MR) is 128 cm³/mol. The van der Waals surface area contributed by atoms with Gasteiger partial charge in [-0.1, -0.05) is 22.5 Å². The van der Waals surface area contributed by atoms with Gasteiger partial charge in [-0.05, 0) is 48.6 Å². The molecule has 31 heavy (non-hydrogen) atoms. The SMILES string of the molecule is C=C(/C=C\C(=NC)NS(=O)(=O)c1ccc(N=Cc2cc(Br)cc(N=S)c2O)cc1)OC. The summed E-state index contributed by atoms with van der Waals surface area (Å²) in [7, 11) is -0.947. The first-order valence-corrected chi connectivity index (χ1v) is 11.2. The van der Waals surface area contributed by atoms with E-state index in [0.29, 0.717) is 21.5 Å². The Hall–Kier alpha value is -2.89. The van der Waals surface area contributed by atoms with Crippen LogP contribution in [0.3, 0.4) is 0 Å². The average molecular weight is 523 g/mol. The zero-order valence-corrected chi connectivity index (χ0v) is 19.8. The summed E-state index contributed by atoms with van der Waals surface area (Å²) in [6.07, 6.45) is 4.36. The molecule has 2 aromatic rings. The lowest BCUT2D eigenvalue weighted by Gasteiger charge is -2.08. The minimum atomic E-state index is -3.86. The number of nitrogens with one attached hydrogen (secondary N) is 1. The van der Waals surface area contributed by atoms with Gasteiger partial charge in [0.2, 0.25) is 0 Å². The van der Waals surface area contributed by atoms with Gasteiger partial charge in [0.05, 0.1) is 17.7 Å². The van der Waals surface area contributed by atoms with Crippen LogP contribution in [0.15, 0.2) is 84.6 Å². The van der Waals surface area contributed by atoms with Crippen LogP contribution in [0.5, 0.6) is 5.75 Å². The molecule has 0 spiro atoms. The van der Waals surface area contributed by atoms with Crippen molar-refractivity contribution in [1.82, 2.24) is 4.72 Å². The Morgan fingerprint density at radius 3 is 2.52 bits per heavy atom. The van der Waals surface area contributed by atoms with E-state index in [1.807, 2.05) is 0 Å². The number of sulfonamides is 1. The van der Waals surface area contributed by atoms with Crippen LogP contribution in [0.1, 0.15) is 5.56 Å². The largest absolute Gasteiger partial charge is 0.505 e. The summed E-state index contributed by atoms with van der Waals surface area (Å²) in [6.45, 7) is 3.62. The molecular weight excluding hydrogens is 504 g/mol. The van der Waals surface area contributed by atoms with E-state index >= 15 is 0 Å². The van der Waals surface area contributed by atoms with Gasteiger partial charge in [-0.15, -0.1) is 0 Å². The maximum atomic E-state index is 12.6. The minimum Gasteiger partial charge on any atom is -0.505 e. The van der Waals surface area contributed by atoms with E-state index in [9.17, 15) is 13.5 Å². The van der Waals surface area contributed by atoms with E-state index in [0.717, 1.165) is 0 Å². The molecule has 0 aliphatic heterocycles. The van der Waals surface area contributed by atoms with Crippen molar-refractivity contribution in [2.75, 3.05) is 14.2 Å². The summed E-state index contributed by atoms with van der Waals surface area (Å²) in [4.78, 5) is 8.18. The first-order chi connectivity index (χ1) is 14.7. The molecule has 2 N–H and O–H groups in total. The number of rotatable bonds is 8. The molecular formula is C20H19BrN4O4S2. The number of hydrogen-bond donors (Lipinski definition) is 2. The van der Waals surface area contributed by atoms with E-state index in [1.165, 1.54) is 56.8 Å². The molecule has 0 saturated heterocycles. The lowest BCUT2D eigenvalue weighted by atomic mass is 10.2. The smallest absolute Gasteiger partial charge is 0.263 e. The number of nitrogens with zero attached hydrogens (tertiary/aromatic N) is 3. The van der Waals surface area contributed by atoms with E-state index in [1.54, 1.807) is 12.1 Å². The fraction of sp³-hybridized carbons (Fsp3) is 0.100. The third-order valence-corrected chi connectivity index (χ3v) is 5.88. The summed E-state index contributed by atoms with van der Waals surface area (Å²) in [6, 6.07) is 9.12. The molecule has 0 aliphatic rings. The summed E-state index contributed by atoms with van der Waals surface area (Å²) >= 11 is 7.95. The summed E-state index contributed by atoms with van der Waals surface area (Å²) < 4.78 is 36.7. The quantitative estimate of drug-likeness (QED) is 0.232. The molecule has 0 fully saturated rings. The molecule has 0 aliphatic carbocycles. The van der Waals surface area contributed by atoms with Gasteiger partial charge < -0.3 is 9.84 Å². The normalized spacial score (nSPS) is 12.3. The highest BCUT2D eigenvalue weighted by Crippen LogP contribution is 2.33.